The number of benzene rings is 2. The first-order chi connectivity index (χ1) is 11.8. The maximum atomic E-state index is 6.53. The lowest BCUT2D eigenvalue weighted by molar-refractivity contribution is 0.401. The molecule has 2 aromatic rings. The molecule has 24 heavy (non-hydrogen) atoms. The van der Waals surface area contributed by atoms with Crippen LogP contribution in [-0.4, -0.2) is 25.7 Å². The summed E-state index contributed by atoms with van der Waals surface area (Å²) in [5.74, 6) is 0.658. The van der Waals surface area contributed by atoms with Crippen molar-refractivity contribution in [3.05, 3.63) is 52.5 Å². The molecule has 0 amide bonds. The average molecular weight is 339 g/mol. The van der Waals surface area contributed by atoms with Gasteiger partial charge in [-0.3, -0.25) is 0 Å². The summed E-state index contributed by atoms with van der Waals surface area (Å²) in [6, 6.07) is 13.7. The van der Waals surface area contributed by atoms with Gasteiger partial charge < -0.3 is 10.2 Å². The van der Waals surface area contributed by atoms with Crippen molar-refractivity contribution in [1.82, 2.24) is 5.32 Å². The van der Waals surface area contributed by atoms with E-state index in [0.717, 1.165) is 18.1 Å². The Kier molecular flexibility index (Phi) is 3.57. The molecule has 3 aliphatic rings. The molecule has 1 N–H and O–H groups in total. The van der Waals surface area contributed by atoms with Crippen LogP contribution >= 0.6 is 11.6 Å². The van der Waals surface area contributed by atoms with E-state index in [1.165, 1.54) is 48.9 Å². The molecule has 0 radical (unpaired) electrons. The summed E-state index contributed by atoms with van der Waals surface area (Å²) < 4.78 is 0. The van der Waals surface area contributed by atoms with Gasteiger partial charge in [0, 0.05) is 41.3 Å². The second-order valence-corrected chi connectivity index (χ2v) is 7.73. The molecule has 0 aliphatic carbocycles. The Balaban J connectivity index is 1.72. The number of halogens is 1. The Hall–Kier alpha value is -1.51. The maximum absolute atomic E-state index is 6.53. The topological polar surface area (TPSA) is 15.3 Å². The largest absolute Gasteiger partial charge is 0.367 e. The van der Waals surface area contributed by atoms with E-state index in [1.807, 2.05) is 12.1 Å². The van der Waals surface area contributed by atoms with Gasteiger partial charge in [0.15, 0.2) is 0 Å². The fourth-order valence-corrected chi connectivity index (χ4v) is 5.28. The van der Waals surface area contributed by atoms with Crippen molar-refractivity contribution < 1.29 is 0 Å². The fourth-order valence-electron chi connectivity index (χ4n) is 5.04. The normalized spacial score (nSPS) is 25.1. The van der Waals surface area contributed by atoms with Gasteiger partial charge in [0.1, 0.15) is 0 Å². The number of anilines is 1. The Morgan fingerprint density at radius 2 is 1.96 bits per heavy atom. The smallest absolute Gasteiger partial charge is 0.0484 e. The Morgan fingerprint density at radius 3 is 2.88 bits per heavy atom. The van der Waals surface area contributed by atoms with Gasteiger partial charge in [-0.05, 0) is 55.0 Å². The predicted molar refractivity (Wildman–Crippen MR) is 101 cm³/mol. The van der Waals surface area contributed by atoms with Gasteiger partial charge in [0.05, 0.1) is 0 Å². The van der Waals surface area contributed by atoms with Crippen molar-refractivity contribution in [2.24, 2.45) is 0 Å². The maximum Gasteiger partial charge on any atom is 0.0484 e. The lowest BCUT2D eigenvalue weighted by Crippen LogP contribution is -2.44. The van der Waals surface area contributed by atoms with Crippen molar-refractivity contribution in [2.75, 3.05) is 24.5 Å². The van der Waals surface area contributed by atoms with Crippen molar-refractivity contribution in [3.63, 3.8) is 0 Å². The van der Waals surface area contributed by atoms with Gasteiger partial charge in [-0.15, -0.1) is 0 Å². The number of nitrogens with one attached hydrogen (secondary N) is 1. The van der Waals surface area contributed by atoms with Crippen molar-refractivity contribution in [1.29, 1.82) is 0 Å². The van der Waals surface area contributed by atoms with Crippen LogP contribution in [-0.2, 0) is 6.42 Å². The standard InChI is InChI=1S/C21H23ClN2/c22-19-7-2-1-5-15(19)14-8-9-17-18-13-23-11-10-20(18)24-12-4-3-6-16(14)21(17)24/h1-2,5,7-9,18,20,23H,3-4,6,10-13H2/t18-,20-/m0/s1. The molecule has 1 saturated heterocycles. The first-order valence-corrected chi connectivity index (χ1v) is 9.60. The predicted octanol–water partition coefficient (Wildman–Crippen LogP) is 4.61. The van der Waals surface area contributed by atoms with Crippen LogP contribution in [0.4, 0.5) is 5.69 Å². The first kappa shape index (κ1) is 14.8. The summed E-state index contributed by atoms with van der Waals surface area (Å²) in [6.07, 6.45) is 5.01. The quantitative estimate of drug-likeness (QED) is 0.817. The van der Waals surface area contributed by atoms with E-state index in [0.29, 0.717) is 12.0 Å². The number of hydrogen-bond donors (Lipinski definition) is 1. The minimum Gasteiger partial charge on any atom is -0.367 e. The van der Waals surface area contributed by atoms with Crippen molar-refractivity contribution in [2.45, 2.75) is 37.6 Å². The van der Waals surface area contributed by atoms with Crippen LogP contribution < -0.4 is 10.2 Å². The molecule has 3 heteroatoms. The molecule has 2 nitrogen and oxygen atoms in total. The molecule has 2 aromatic carbocycles. The number of rotatable bonds is 1. The lowest BCUT2D eigenvalue weighted by atomic mass is 9.87. The van der Waals surface area contributed by atoms with Gasteiger partial charge in [0.2, 0.25) is 0 Å². The number of hydrogen-bond acceptors (Lipinski definition) is 2. The molecule has 124 valence electrons. The van der Waals surface area contributed by atoms with E-state index >= 15 is 0 Å². The first-order valence-electron chi connectivity index (χ1n) is 9.22. The molecule has 0 bridgehead atoms. The third-order valence-corrected chi connectivity index (χ3v) is 6.42. The van der Waals surface area contributed by atoms with Crippen LogP contribution in [0.25, 0.3) is 11.1 Å². The average Bonchev–Trinajstić information content (AvgIpc) is 2.77. The minimum absolute atomic E-state index is 0.658. The van der Waals surface area contributed by atoms with E-state index in [4.69, 9.17) is 11.6 Å². The summed E-state index contributed by atoms with van der Waals surface area (Å²) in [6.45, 7) is 3.49. The minimum atomic E-state index is 0.658. The highest BCUT2D eigenvalue weighted by atomic mass is 35.5. The molecule has 0 saturated carbocycles. The molecule has 3 aliphatic heterocycles. The monoisotopic (exact) mass is 338 g/mol. The van der Waals surface area contributed by atoms with Crippen molar-refractivity contribution in [3.8, 4) is 11.1 Å². The van der Waals surface area contributed by atoms with Crippen LogP contribution in [0.3, 0.4) is 0 Å². The summed E-state index contributed by atoms with van der Waals surface area (Å²) in [5.41, 5.74) is 7.18. The van der Waals surface area contributed by atoms with E-state index < -0.39 is 0 Å². The van der Waals surface area contributed by atoms with E-state index in [9.17, 15) is 0 Å². The number of piperidine rings is 1. The van der Waals surface area contributed by atoms with Crippen LogP contribution in [0, 0.1) is 0 Å². The molecule has 3 heterocycles. The number of fused-ring (bicyclic) bond motifs is 3. The summed E-state index contributed by atoms with van der Waals surface area (Å²) in [7, 11) is 0. The molecular weight excluding hydrogens is 316 g/mol. The lowest BCUT2D eigenvalue weighted by Gasteiger charge is -2.33. The van der Waals surface area contributed by atoms with Crippen molar-refractivity contribution >= 4 is 17.3 Å². The van der Waals surface area contributed by atoms with Crippen LogP contribution in [0.2, 0.25) is 5.02 Å². The summed E-state index contributed by atoms with van der Waals surface area (Å²) in [4.78, 5) is 2.74. The van der Waals surface area contributed by atoms with E-state index in [1.54, 1.807) is 11.3 Å². The zero-order valence-electron chi connectivity index (χ0n) is 13.9. The molecule has 0 unspecified atom stereocenters. The van der Waals surface area contributed by atoms with E-state index in [-0.39, 0.29) is 0 Å². The zero-order valence-corrected chi connectivity index (χ0v) is 14.6. The van der Waals surface area contributed by atoms with Gasteiger partial charge in [-0.2, -0.15) is 0 Å². The Labute approximate surface area is 148 Å². The van der Waals surface area contributed by atoms with Gasteiger partial charge in [-0.1, -0.05) is 41.9 Å². The van der Waals surface area contributed by atoms with E-state index in [2.05, 4.69) is 34.5 Å². The molecular formula is C21H23ClN2. The van der Waals surface area contributed by atoms with Gasteiger partial charge in [-0.25, -0.2) is 0 Å². The number of nitrogens with zero attached hydrogens (tertiary/aromatic N) is 1. The molecule has 0 aromatic heterocycles. The van der Waals surface area contributed by atoms with Crippen LogP contribution in [0.15, 0.2) is 36.4 Å². The molecule has 5 rings (SSSR count). The highest BCUT2D eigenvalue weighted by Gasteiger charge is 2.41. The third kappa shape index (κ3) is 2.13. The van der Waals surface area contributed by atoms with Gasteiger partial charge in [0.25, 0.3) is 0 Å². The van der Waals surface area contributed by atoms with Crippen LogP contribution in [0.5, 0.6) is 0 Å². The van der Waals surface area contributed by atoms with Gasteiger partial charge >= 0.3 is 0 Å². The summed E-state index contributed by atoms with van der Waals surface area (Å²) in [5, 5.41) is 4.47. The third-order valence-electron chi connectivity index (χ3n) is 6.09. The zero-order chi connectivity index (χ0) is 16.1. The highest BCUT2D eigenvalue weighted by molar-refractivity contribution is 6.33. The summed E-state index contributed by atoms with van der Waals surface area (Å²) >= 11 is 6.53. The second kappa shape index (κ2) is 5.79. The Bertz CT molecular complexity index is 785. The highest BCUT2D eigenvalue weighted by Crippen LogP contribution is 2.49. The second-order valence-electron chi connectivity index (χ2n) is 7.33. The molecule has 2 atom stereocenters. The molecule has 0 spiro atoms. The molecule has 1 fully saturated rings. The van der Waals surface area contributed by atoms with Crippen LogP contribution in [0.1, 0.15) is 36.3 Å². The Morgan fingerprint density at radius 1 is 1.04 bits per heavy atom. The SMILES string of the molecule is Clc1ccccc1-c1ccc2c3c1CCCCN3[C@H]1CCNC[C@@H]21. The fraction of sp³-hybridized carbons (Fsp3) is 0.429.